The summed E-state index contributed by atoms with van der Waals surface area (Å²) in [4.78, 5) is 11.6. The molecule has 0 saturated carbocycles. The molecule has 0 fully saturated rings. The lowest BCUT2D eigenvalue weighted by molar-refractivity contribution is -0.121. The molecule has 20 heavy (non-hydrogen) atoms. The van der Waals surface area contributed by atoms with Crippen LogP contribution in [0.15, 0.2) is 29.2 Å². The van der Waals surface area contributed by atoms with E-state index in [1.807, 2.05) is 13.8 Å². The van der Waals surface area contributed by atoms with E-state index in [9.17, 15) is 13.2 Å². The minimum atomic E-state index is -3.60. The van der Waals surface area contributed by atoms with Gasteiger partial charge in [0.1, 0.15) is 0 Å². The van der Waals surface area contributed by atoms with Crippen molar-refractivity contribution in [2.75, 3.05) is 6.54 Å². The highest BCUT2D eigenvalue weighted by Gasteiger charge is 2.14. The van der Waals surface area contributed by atoms with E-state index in [0.29, 0.717) is 5.02 Å². The number of rotatable bonds is 7. The third kappa shape index (κ3) is 5.48. The summed E-state index contributed by atoms with van der Waals surface area (Å²) in [5.41, 5.74) is 0. The Bertz CT molecular complexity index is 543. The number of hydrogen-bond donors (Lipinski definition) is 2. The highest BCUT2D eigenvalue weighted by molar-refractivity contribution is 7.89. The molecular weight excluding hydrogens is 300 g/mol. The Morgan fingerprint density at radius 2 is 1.90 bits per heavy atom. The van der Waals surface area contributed by atoms with Crippen LogP contribution in [-0.2, 0) is 14.8 Å². The first-order valence-corrected chi connectivity index (χ1v) is 8.26. The van der Waals surface area contributed by atoms with E-state index in [4.69, 9.17) is 11.6 Å². The third-order valence-corrected chi connectivity index (χ3v) is 4.52. The zero-order valence-electron chi connectivity index (χ0n) is 11.5. The van der Waals surface area contributed by atoms with E-state index in [2.05, 4.69) is 10.0 Å². The van der Waals surface area contributed by atoms with Crippen molar-refractivity contribution in [2.45, 2.75) is 37.6 Å². The van der Waals surface area contributed by atoms with Crippen molar-refractivity contribution in [3.63, 3.8) is 0 Å². The Labute approximate surface area is 124 Å². The van der Waals surface area contributed by atoms with Crippen molar-refractivity contribution in [3.05, 3.63) is 29.3 Å². The molecule has 0 aromatic heterocycles. The normalized spacial score (nSPS) is 12.9. The minimum Gasteiger partial charge on any atom is -0.354 e. The van der Waals surface area contributed by atoms with Crippen molar-refractivity contribution in [3.8, 4) is 0 Å². The van der Waals surface area contributed by atoms with Gasteiger partial charge in [0.2, 0.25) is 15.9 Å². The molecule has 0 aliphatic carbocycles. The SMILES string of the molecule is CCC(C)NC(=O)CCNS(=O)(=O)c1ccc(Cl)cc1. The van der Waals surface area contributed by atoms with Gasteiger partial charge in [-0.3, -0.25) is 4.79 Å². The summed E-state index contributed by atoms with van der Waals surface area (Å²) >= 11 is 5.70. The van der Waals surface area contributed by atoms with E-state index >= 15 is 0 Å². The maximum absolute atomic E-state index is 11.9. The van der Waals surface area contributed by atoms with Crippen molar-refractivity contribution in [1.82, 2.24) is 10.0 Å². The molecule has 7 heteroatoms. The highest BCUT2D eigenvalue weighted by Crippen LogP contribution is 2.13. The zero-order chi connectivity index (χ0) is 15.2. The van der Waals surface area contributed by atoms with E-state index in [1.165, 1.54) is 24.3 Å². The zero-order valence-corrected chi connectivity index (χ0v) is 13.1. The lowest BCUT2D eigenvalue weighted by atomic mass is 10.2. The topological polar surface area (TPSA) is 75.3 Å². The van der Waals surface area contributed by atoms with Gasteiger partial charge in [0.15, 0.2) is 0 Å². The predicted molar refractivity (Wildman–Crippen MR) is 79.2 cm³/mol. The molecule has 0 aliphatic rings. The molecule has 0 spiro atoms. The molecule has 2 N–H and O–H groups in total. The van der Waals surface area contributed by atoms with E-state index < -0.39 is 10.0 Å². The summed E-state index contributed by atoms with van der Waals surface area (Å²) in [5, 5.41) is 3.24. The standard InChI is InChI=1S/C13H19ClN2O3S/c1-3-10(2)16-13(17)8-9-15-20(18,19)12-6-4-11(14)5-7-12/h4-7,10,15H,3,8-9H2,1-2H3,(H,16,17). The van der Waals surface area contributed by atoms with Gasteiger partial charge in [-0.15, -0.1) is 0 Å². The maximum Gasteiger partial charge on any atom is 0.240 e. The molecule has 0 radical (unpaired) electrons. The van der Waals surface area contributed by atoms with Crippen LogP contribution in [0.2, 0.25) is 5.02 Å². The Morgan fingerprint density at radius 3 is 2.45 bits per heavy atom. The van der Waals surface area contributed by atoms with Crippen molar-refractivity contribution in [1.29, 1.82) is 0 Å². The predicted octanol–water partition coefficient (Wildman–Crippen LogP) is 1.92. The van der Waals surface area contributed by atoms with E-state index in [1.54, 1.807) is 0 Å². The van der Waals surface area contributed by atoms with Crippen molar-refractivity contribution in [2.24, 2.45) is 0 Å². The monoisotopic (exact) mass is 318 g/mol. The Kier molecular flexibility index (Phi) is 6.45. The number of amides is 1. The van der Waals surface area contributed by atoms with Gasteiger partial charge in [0.05, 0.1) is 4.90 Å². The number of carbonyl (C=O) groups excluding carboxylic acids is 1. The second-order valence-electron chi connectivity index (χ2n) is 4.48. The first-order valence-electron chi connectivity index (χ1n) is 6.39. The van der Waals surface area contributed by atoms with Gasteiger partial charge in [0.25, 0.3) is 0 Å². The van der Waals surface area contributed by atoms with Crippen molar-refractivity contribution < 1.29 is 13.2 Å². The first-order chi connectivity index (χ1) is 9.35. The maximum atomic E-state index is 11.9. The number of carbonyl (C=O) groups is 1. The first kappa shape index (κ1) is 16.9. The average Bonchev–Trinajstić information content (AvgIpc) is 2.38. The summed E-state index contributed by atoms with van der Waals surface area (Å²) in [6, 6.07) is 5.95. The van der Waals surface area contributed by atoms with Crippen LogP contribution in [0.4, 0.5) is 0 Å². The lowest BCUT2D eigenvalue weighted by Crippen LogP contribution is -2.35. The molecule has 0 saturated heterocycles. The van der Waals surface area contributed by atoms with Crippen molar-refractivity contribution >= 4 is 27.5 Å². The van der Waals surface area contributed by atoms with Crippen LogP contribution in [0, 0.1) is 0 Å². The molecule has 1 unspecified atom stereocenters. The molecule has 5 nitrogen and oxygen atoms in total. The lowest BCUT2D eigenvalue weighted by Gasteiger charge is -2.11. The number of nitrogens with one attached hydrogen (secondary N) is 2. The minimum absolute atomic E-state index is 0.0627. The summed E-state index contributed by atoms with van der Waals surface area (Å²) in [7, 11) is -3.60. The molecule has 0 bridgehead atoms. The fraction of sp³-hybridized carbons (Fsp3) is 0.462. The van der Waals surface area contributed by atoms with Crippen LogP contribution in [0.25, 0.3) is 0 Å². The molecule has 1 aromatic carbocycles. The van der Waals surface area contributed by atoms with Gasteiger partial charge in [0, 0.05) is 24.0 Å². The van der Waals surface area contributed by atoms with E-state index in [0.717, 1.165) is 6.42 Å². The number of hydrogen-bond acceptors (Lipinski definition) is 3. The van der Waals surface area contributed by atoms with E-state index in [-0.39, 0.29) is 29.8 Å². The second kappa shape index (κ2) is 7.61. The van der Waals surface area contributed by atoms with Crippen LogP contribution in [0.5, 0.6) is 0 Å². The number of halogens is 1. The van der Waals surface area contributed by atoms with Crippen LogP contribution >= 0.6 is 11.6 Å². The molecule has 1 amide bonds. The summed E-state index contributed by atoms with van der Waals surface area (Å²) in [5.74, 6) is -0.168. The smallest absolute Gasteiger partial charge is 0.240 e. The van der Waals surface area contributed by atoms with Crippen LogP contribution < -0.4 is 10.0 Å². The molecular formula is C13H19ClN2O3S. The Morgan fingerprint density at radius 1 is 1.30 bits per heavy atom. The largest absolute Gasteiger partial charge is 0.354 e. The summed E-state index contributed by atoms with van der Waals surface area (Å²) < 4.78 is 26.2. The van der Waals surface area contributed by atoms with Gasteiger partial charge in [-0.05, 0) is 37.6 Å². The second-order valence-corrected chi connectivity index (χ2v) is 6.68. The quantitative estimate of drug-likeness (QED) is 0.806. The molecule has 0 aliphatic heterocycles. The fourth-order valence-electron chi connectivity index (χ4n) is 1.45. The van der Waals surface area contributed by atoms with Crippen LogP contribution in [0.3, 0.4) is 0 Å². The molecule has 112 valence electrons. The number of sulfonamides is 1. The van der Waals surface area contributed by atoms with Gasteiger partial charge in [-0.2, -0.15) is 0 Å². The Hall–Kier alpha value is -1.11. The van der Waals surface area contributed by atoms with Gasteiger partial charge in [-0.1, -0.05) is 18.5 Å². The summed E-state index contributed by atoms with van der Waals surface area (Å²) in [6.07, 6.45) is 0.944. The average molecular weight is 319 g/mol. The highest BCUT2D eigenvalue weighted by atomic mass is 35.5. The van der Waals surface area contributed by atoms with Gasteiger partial charge >= 0.3 is 0 Å². The van der Waals surface area contributed by atoms with Crippen LogP contribution in [-0.4, -0.2) is 26.9 Å². The van der Waals surface area contributed by atoms with Gasteiger partial charge in [-0.25, -0.2) is 13.1 Å². The third-order valence-electron chi connectivity index (χ3n) is 2.79. The fourth-order valence-corrected chi connectivity index (χ4v) is 2.60. The molecule has 1 atom stereocenters. The van der Waals surface area contributed by atoms with Crippen LogP contribution in [0.1, 0.15) is 26.7 Å². The molecule has 0 heterocycles. The van der Waals surface area contributed by atoms with Gasteiger partial charge < -0.3 is 5.32 Å². The molecule has 1 aromatic rings. The summed E-state index contributed by atoms with van der Waals surface area (Å²) in [6.45, 7) is 3.93. The Balaban J connectivity index is 2.48. The number of benzene rings is 1. The molecule has 1 rings (SSSR count).